The van der Waals surface area contributed by atoms with Crippen molar-refractivity contribution in [3.63, 3.8) is 0 Å². The van der Waals surface area contributed by atoms with Crippen molar-refractivity contribution in [2.75, 3.05) is 5.32 Å². The SMILES string of the molecule is C.C.C.C.CC[n+]1c(C=CC=C2C=Cc3ccccc3N2)ccc2ccccc21. The topological polar surface area (TPSA) is 15.9 Å². The second-order valence-electron chi connectivity index (χ2n) is 6.09. The number of nitrogens with zero attached hydrogens (tertiary/aromatic N) is 1. The Hall–Kier alpha value is -3.13. The van der Waals surface area contributed by atoms with E-state index in [1.165, 1.54) is 22.2 Å². The fraction of sp³-hybridized carbons (Fsp3) is 0.222. The highest BCUT2D eigenvalue weighted by Crippen LogP contribution is 2.23. The first-order valence-corrected chi connectivity index (χ1v) is 8.69. The average molecular weight is 390 g/mol. The van der Waals surface area contributed by atoms with Gasteiger partial charge in [0.05, 0.1) is 0 Å². The van der Waals surface area contributed by atoms with Gasteiger partial charge in [0.15, 0.2) is 0 Å². The number of aromatic nitrogens is 1. The molecule has 2 nitrogen and oxygen atoms in total. The van der Waals surface area contributed by atoms with E-state index < -0.39 is 0 Å². The molecular weight excluding hydrogens is 352 g/mol. The van der Waals surface area contributed by atoms with Gasteiger partial charge in [0.1, 0.15) is 6.54 Å². The van der Waals surface area contributed by atoms with Gasteiger partial charge in [0.2, 0.25) is 11.2 Å². The highest BCUT2D eigenvalue weighted by Gasteiger charge is 2.11. The van der Waals surface area contributed by atoms with Crippen molar-refractivity contribution < 1.29 is 4.57 Å². The molecule has 0 aliphatic carbocycles. The van der Waals surface area contributed by atoms with Crippen LogP contribution in [0.5, 0.6) is 0 Å². The summed E-state index contributed by atoms with van der Waals surface area (Å²) in [6.45, 7) is 3.13. The van der Waals surface area contributed by atoms with Crippen molar-refractivity contribution in [2.24, 2.45) is 0 Å². The third-order valence-corrected chi connectivity index (χ3v) is 4.51. The average Bonchev–Trinajstić information content (AvgIpc) is 2.67. The smallest absolute Gasteiger partial charge is 0.212 e. The van der Waals surface area contributed by atoms with Crippen molar-refractivity contribution >= 4 is 28.7 Å². The molecule has 4 rings (SSSR count). The predicted octanol–water partition coefficient (Wildman–Crippen LogP) is 7.73. The van der Waals surface area contributed by atoms with E-state index in [2.05, 4.69) is 108 Å². The van der Waals surface area contributed by atoms with Crippen LogP contribution in [0.15, 0.2) is 84.6 Å². The number of allylic oxidation sites excluding steroid dienone is 3. The van der Waals surface area contributed by atoms with Crippen LogP contribution in [0.3, 0.4) is 0 Å². The molecule has 1 aliphatic heterocycles. The van der Waals surface area contributed by atoms with Crippen LogP contribution in [-0.2, 0) is 6.54 Å². The van der Waals surface area contributed by atoms with Crippen LogP contribution in [0.25, 0.3) is 23.1 Å². The Labute approximate surface area is 177 Å². The summed E-state index contributed by atoms with van der Waals surface area (Å²) in [4.78, 5) is 0. The van der Waals surface area contributed by atoms with Gasteiger partial charge in [0.25, 0.3) is 0 Å². The standard InChI is InChI=1S/C23H20N2.4CH4/c1-2-25-21(17-15-19-9-4-6-13-23(19)25)11-7-10-20-16-14-18-8-3-5-12-22(18)24-20;;;;/h3-17H,2H2,1H3;4*1H4/p+1. The summed E-state index contributed by atoms with van der Waals surface area (Å²) in [6.07, 6.45) is 10.6. The highest BCUT2D eigenvalue weighted by molar-refractivity contribution is 5.76. The van der Waals surface area contributed by atoms with E-state index in [4.69, 9.17) is 0 Å². The Balaban J connectivity index is 0.00000196. The molecule has 0 amide bonds. The van der Waals surface area contributed by atoms with Gasteiger partial charge in [-0.05, 0) is 42.8 Å². The quantitative estimate of drug-likeness (QED) is 0.453. The van der Waals surface area contributed by atoms with Gasteiger partial charge in [-0.3, -0.25) is 0 Å². The molecule has 1 aliphatic rings. The van der Waals surface area contributed by atoms with Gasteiger partial charge in [-0.25, -0.2) is 0 Å². The third kappa shape index (κ3) is 5.45. The summed E-state index contributed by atoms with van der Waals surface area (Å²) in [6, 6.07) is 21.2. The lowest BCUT2D eigenvalue weighted by Gasteiger charge is -2.14. The van der Waals surface area contributed by atoms with Gasteiger partial charge in [-0.1, -0.05) is 72.2 Å². The van der Waals surface area contributed by atoms with Gasteiger partial charge in [-0.15, -0.1) is 0 Å². The molecule has 2 heteroatoms. The molecule has 0 unspecified atom stereocenters. The molecule has 0 spiro atoms. The summed E-state index contributed by atoms with van der Waals surface area (Å²) in [5.41, 5.74) is 5.95. The number of aryl methyl sites for hydroxylation is 1. The number of benzene rings is 2. The minimum Gasteiger partial charge on any atom is -0.355 e. The van der Waals surface area contributed by atoms with E-state index in [1.807, 2.05) is 0 Å². The van der Waals surface area contributed by atoms with Crippen LogP contribution < -0.4 is 9.88 Å². The largest absolute Gasteiger partial charge is 0.355 e. The predicted molar refractivity (Wildman–Crippen MR) is 133 cm³/mol. The lowest BCUT2D eigenvalue weighted by Crippen LogP contribution is -2.36. The minimum atomic E-state index is 0. The summed E-state index contributed by atoms with van der Waals surface area (Å²) in [7, 11) is 0. The number of hydrogen-bond donors (Lipinski definition) is 1. The Morgan fingerprint density at radius 3 is 2.34 bits per heavy atom. The first kappa shape index (κ1) is 25.9. The minimum absolute atomic E-state index is 0. The van der Waals surface area contributed by atoms with Crippen molar-refractivity contribution in [3.8, 4) is 0 Å². The molecule has 0 radical (unpaired) electrons. The maximum absolute atomic E-state index is 3.46. The van der Waals surface area contributed by atoms with Crippen molar-refractivity contribution in [3.05, 3.63) is 95.8 Å². The molecule has 0 bridgehead atoms. The number of anilines is 1. The maximum atomic E-state index is 3.46. The second-order valence-corrected chi connectivity index (χ2v) is 6.09. The lowest BCUT2D eigenvalue weighted by atomic mass is 10.1. The molecule has 2 heterocycles. The maximum Gasteiger partial charge on any atom is 0.212 e. The van der Waals surface area contributed by atoms with Crippen LogP contribution in [0.2, 0.25) is 0 Å². The molecule has 154 valence electrons. The van der Waals surface area contributed by atoms with Crippen LogP contribution in [0.4, 0.5) is 5.69 Å². The molecule has 29 heavy (non-hydrogen) atoms. The number of pyridine rings is 1. The van der Waals surface area contributed by atoms with Gasteiger partial charge >= 0.3 is 0 Å². The Morgan fingerprint density at radius 2 is 1.55 bits per heavy atom. The van der Waals surface area contributed by atoms with E-state index >= 15 is 0 Å². The van der Waals surface area contributed by atoms with Crippen molar-refractivity contribution in [2.45, 2.75) is 43.2 Å². The van der Waals surface area contributed by atoms with Crippen molar-refractivity contribution in [1.82, 2.24) is 0 Å². The third-order valence-electron chi connectivity index (χ3n) is 4.51. The molecule has 3 aromatic rings. The van der Waals surface area contributed by atoms with Crippen LogP contribution in [0, 0.1) is 0 Å². The number of para-hydroxylation sites is 2. The molecular formula is C27H37N2+. The summed E-state index contributed by atoms with van der Waals surface area (Å²) >= 11 is 0. The fourth-order valence-electron chi connectivity index (χ4n) is 3.26. The Morgan fingerprint density at radius 1 is 0.828 bits per heavy atom. The molecule has 0 saturated carbocycles. The first-order chi connectivity index (χ1) is 12.3. The van der Waals surface area contributed by atoms with E-state index in [-0.39, 0.29) is 29.7 Å². The summed E-state index contributed by atoms with van der Waals surface area (Å²) in [5.74, 6) is 0. The second kappa shape index (κ2) is 11.7. The summed E-state index contributed by atoms with van der Waals surface area (Å²) in [5, 5.41) is 4.73. The normalized spacial score (nSPS) is 12.8. The monoisotopic (exact) mass is 389 g/mol. The molecule has 0 fully saturated rings. The lowest BCUT2D eigenvalue weighted by molar-refractivity contribution is -0.669. The zero-order chi connectivity index (χ0) is 17.1. The molecule has 1 N–H and O–H groups in total. The molecule has 1 aromatic heterocycles. The van der Waals surface area contributed by atoms with Gasteiger partial charge in [0, 0.05) is 35.0 Å². The Bertz CT molecular complexity index is 1010. The fourth-order valence-corrected chi connectivity index (χ4v) is 3.26. The van der Waals surface area contributed by atoms with Crippen molar-refractivity contribution in [1.29, 1.82) is 0 Å². The van der Waals surface area contributed by atoms with E-state index in [0.717, 1.165) is 17.9 Å². The van der Waals surface area contributed by atoms with Gasteiger partial charge in [-0.2, -0.15) is 4.57 Å². The number of fused-ring (bicyclic) bond motifs is 2. The number of nitrogens with one attached hydrogen (secondary N) is 1. The zero-order valence-corrected chi connectivity index (χ0v) is 14.3. The van der Waals surface area contributed by atoms with Crippen LogP contribution >= 0.6 is 0 Å². The molecule has 0 saturated heterocycles. The molecule has 2 aromatic carbocycles. The number of hydrogen-bond acceptors (Lipinski definition) is 1. The zero-order valence-electron chi connectivity index (χ0n) is 14.3. The van der Waals surface area contributed by atoms with Crippen LogP contribution in [-0.4, -0.2) is 0 Å². The van der Waals surface area contributed by atoms with Gasteiger partial charge < -0.3 is 5.32 Å². The van der Waals surface area contributed by atoms with E-state index in [9.17, 15) is 0 Å². The highest BCUT2D eigenvalue weighted by atomic mass is 15.0. The Kier molecular flexibility index (Phi) is 10.4. The summed E-state index contributed by atoms with van der Waals surface area (Å²) < 4.78 is 2.34. The first-order valence-electron chi connectivity index (χ1n) is 8.69. The number of rotatable bonds is 3. The molecule has 0 atom stereocenters. The van der Waals surface area contributed by atoms with Crippen LogP contribution in [0.1, 0.15) is 47.9 Å². The van der Waals surface area contributed by atoms with E-state index in [1.54, 1.807) is 0 Å². The van der Waals surface area contributed by atoms with E-state index in [0.29, 0.717) is 0 Å².